The molecule has 0 spiro atoms. The van der Waals surface area contributed by atoms with Crippen molar-refractivity contribution in [3.8, 4) is 0 Å². The molecule has 19 heavy (non-hydrogen) atoms. The van der Waals surface area contributed by atoms with Gasteiger partial charge in [-0.25, -0.2) is 4.39 Å². The van der Waals surface area contributed by atoms with Gasteiger partial charge in [-0.15, -0.1) is 0 Å². The standard InChI is InChI=1S/C14H21FN2O2/c1-19-10-2-8-17-14(18)7-9-16-11-12-3-5-13(15)6-4-12/h3-6,16H,2,7-11H2,1H3,(H,17,18). The second-order valence-corrected chi connectivity index (χ2v) is 4.25. The summed E-state index contributed by atoms with van der Waals surface area (Å²) in [7, 11) is 1.64. The van der Waals surface area contributed by atoms with E-state index in [9.17, 15) is 9.18 Å². The molecule has 0 heterocycles. The molecule has 4 nitrogen and oxygen atoms in total. The van der Waals surface area contributed by atoms with E-state index in [1.54, 1.807) is 19.2 Å². The van der Waals surface area contributed by atoms with Gasteiger partial charge >= 0.3 is 0 Å². The van der Waals surface area contributed by atoms with E-state index in [4.69, 9.17) is 4.74 Å². The molecule has 0 unspecified atom stereocenters. The smallest absolute Gasteiger partial charge is 0.221 e. The van der Waals surface area contributed by atoms with Gasteiger partial charge in [0, 0.05) is 39.8 Å². The second-order valence-electron chi connectivity index (χ2n) is 4.25. The minimum Gasteiger partial charge on any atom is -0.385 e. The fraction of sp³-hybridized carbons (Fsp3) is 0.500. The molecule has 5 heteroatoms. The summed E-state index contributed by atoms with van der Waals surface area (Å²) in [5, 5.41) is 5.96. The maximum atomic E-state index is 12.7. The van der Waals surface area contributed by atoms with Gasteiger partial charge in [-0.2, -0.15) is 0 Å². The van der Waals surface area contributed by atoms with E-state index in [0.717, 1.165) is 12.0 Å². The summed E-state index contributed by atoms with van der Waals surface area (Å²) in [6.45, 7) is 2.54. The average molecular weight is 268 g/mol. The molecule has 0 atom stereocenters. The van der Waals surface area contributed by atoms with Gasteiger partial charge in [0.05, 0.1) is 0 Å². The minimum atomic E-state index is -0.237. The van der Waals surface area contributed by atoms with Crippen LogP contribution in [0.5, 0.6) is 0 Å². The topological polar surface area (TPSA) is 50.4 Å². The van der Waals surface area contributed by atoms with Crippen LogP contribution in [-0.4, -0.2) is 32.7 Å². The number of nitrogens with one attached hydrogen (secondary N) is 2. The third kappa shape index (κ3) is 7.54. The van der Waals surface area contributed by atoms with Crippen LogP contribution in [0.2, 0.25) is 0 Å². The zero-order valence-electron chi connectivity index (χ0n) is 11.2. The molecule has 106 valence electrons. The number of amides is 1. The van der Waals surface area contributed by atoms with Gasteiger partial charge in [0.2, 0.25) is 5.91 Å². The molecule has 0 saturated carbocycles. The monoisotopic (exact) mass is 268 g/mol. The lowest BCUT2D eigenvalue weighted by Crippen LogP contribution is -2.28. The number of carbonyl (C=O) groups excluding carboxylic acids is 1. The SMILES string of the molecule is COCCCNC(=O)CCNCc1ccc(F)cc1. The van der Waals surface area contributed by atoms with Gasteiger partial charge in [0.25, 0.3) is 0 Å². The summed E-state index contributed by atoms with van der Waals surface area (Å²) in [6.07, 6.45) is 1.26. The highest BCUT2D eigenvalue weighted by Crippen LogP contribution is 2.01. The number of methoxy groups -OCH3 is 1. The number of hydrogen-bond donors (Lipinski definition) is 2. The third-order valence-electron chi connectivity index (χ3n) is 2.62. The van der Waals surface area contributed by atoms with E-state index in [-0.39, 0.29) is 11.7 Å². The van der Waals surface area contributed by atoms with Crippen molar-refractivity contribution in [1.29, 1.82) is 0 Å². The van der Waals surface area contributed by atoms with E-state index >= 15 is 0 Å². The fourth-order valence-corrected chi connectivity index (χ4v) is 1.57. The third-order valence-corrected chi connectivity index (χ3v) is 2.62. The lowest BCUT2D eigenvalue weighted by atomic mass is 10.2. The molecule has 0 saturated heterocycles. The molecular weight excluding hydrogens is 247 g/mol. The van der Waals surface area contributed by atoms with Crippen LogP contribution in [0.4, 0.5) is 4.39 Å². The Balaban J connectivity index is 2.03. The van der Waals surface area contributed by atoms with E-state index in [1.165, 1.54) is 12.1 Å². The molecule has 0 bridgehead atoms. The van der Waals surface area contributed by atoms with Crippen LogP contribution in [0, 0.1) is 5.82 Å². The van der Waals surface area contributed by atoms with Gasteiger partial charge < -0.3 is 15.4 Å². The normalized spacial score (nSPS) is 10.4. The Morgan fingerprint density at radius 3 is 2.68 bits per heavy atom. The molecule has 0 radical (unpaired) electrons. The first-order valence-electron chi connectivity index (χ1n) is 6.43. The number of hydrogen-bond acceptors (Lipinski definition) is 3. The molecule has 2 N–H and O–H groups in total. The van der Waals surface area contributed by atoms with Gasteiger partial charge in [-0.1, -0.05) is 12.1 Å². The minimum absolute atomic E-state index is 0.0303. The van der Waals surface area contributed by atoms with Gasteiger partial charge in [0.15, 0.2) is 0 Å². The molecule has 0 aliphatic heterocycles. The van der Waals surface area contributed by atoms with Crippen molar-refractivity contribution in [1.82, 2.24) is 10.6 Å². The summed E-state index contributed by atoms with van der Waals surface area (Å²) in [6, 6.07) is 6.32. The summed E-state index contributed by atoms with van der Waals surface area (Å²) in [4.78, 5) is 11.4. The van der Waals surface area contributed by atoms with Gasteiger partial charge in [-0.3, -0.25) is 4.79 Å². The van der Waals surface area contributed by atoms with Crippen LogP contribution in [-0.2, 0) is 16.1 Å². The number of halogens is 1. The highest BCUT2D eigenvalue weighted by atomic mass is 19.1. The predicted molar refractivity (Wildman–Crippen MR) is 72.2 cm³/mol. The Bertz CT molecular complexity index is 368. The summed E-state index contributed by atoms with van der Waals surface area (Å²) >= 11 is 0. The molecule has 0 aromatic heterocycles. The number of ether oxygens (including phenoxy) is 1. The Kier molecular flexibility index (Phi) is 7.77. The number of rotatable bonds is 9. The molecule has 1 aromatic rings. The summed E-state index contributed by atoms with van der Waals surface area (Å²) < 4.78 is 17.6. The molecule has 0 aliphatic rings. The zero-order chi connectivity index (χ0) is 13.9. The first-order valence-corrected chi connectivity index (χ1v) is 6.43. The molecule has 1 amide bonds. The lowest BCUT2D eigenvalue weighted by Gasteiger charge is -2.06. The summed E-state index contributed by atoms with van der Waals surface area (Å²) in [5.41, 5.74) is 1.00. The molecule has 0 fully saturated rings. The van der Waals surface area contributed by atoms with Gasteiger partial charge in [-0.05, 0) is 24.1 Å². The molecular formula is C14H21FN2O2. The number of benzene rings is 1. The largest absolute Gasteiger partial charge is 0.385 e. The maximum Gasteiger partial charge on any atom is 0.221 e. The Labute approximate surface area is 113 Å². The van der Waals surface area contributed by atoms with E-state index < -0.39 is 0 Å². The quantitative estimate of drug-likeness (QED) is 0.667. The van der Waals surface area contributed by atoms with Crippen LogP contribution in [0.15, 0.2) is 24.3 Å². The zero-order valence-corrected chi connectivity index (χ0v) is 11.2. The van der Waals surface area contributed by atoms with Crippen molar-refractivity contribution in [3.63, 3.8) is 0 Å². The van der Waals surface area contributed by atoms with Crippen molar-refractivity contribution < 1.29 is 13.9 Å². The molecule has 1 aromatic carbocycles. The highest BCUT2D eigenvalue weighted by molar-refractivity contribution is 5.75. The summed E-state index contributed by atoms with van der Waals surface area (Å²) in [5.74, 6) is -0.207. The fourth-order valence-electron chi connectivity index (χ4n) is 1.57. The highest BCUT2D eigenvalue weighted by Gasteiger charge is 2.00. The first kappa shape index (κ1) is 15.6. The van der Waals surface area contributed by atoms with Crippen molar-refractivity contribution in [2.75, 3.05) is 26.8 Å². The van der Waals surface area contributed by atoms with Crippen LogP contribution in [0.1, 0.15) is 18.4 Å². The second kappa shape index (κ2) is 9.47. The maximum absolute atomic E-state index is 12.7. The van der Waals surface area contributed by atoms with E-state index in [2.05, 4.69) is 10.6 Å². The Hall–Kier alpha value is -1.46. The molecule has 0 aliphatic carbocycles. The van der Waals surface area contributed by atoms with Crippen molar-refractivity contribution in [2.45, 2.75) is 19.4 Å². The van der Waals surface area contributed by atoms with E-state index in [1.807, 2.05) is 0 Å². The van der Waals surface area contributed by atoms with Crippen LogP contribution in [0.25, 0.3) is 0 Å². The van der Waals surface area contributed by atoms with Gasteiger partial charge in [0.1, 0.15) is 5.82 Å². The van der Waals surface area contributed by atoms with Crippen LogP contribution < -0.4 is 10.6 Å². The lowest BCUT2D eigenvalue weighted by molar-refractivity contribution is -0.121. The average Bonchev–Trinajstić information content (AvgIpc) is 2.42. The van der Waals surface area contributed by atoms with Crippen molar-refractivity contribution in [2.24, 2.45) is 0 Å². The molecule has 1 rings (SSSR count). The van der Waals surface area contributed by atoms with E-state index in [0.29, 0.717) is 32.7 Å². The van der Waals surface area contributed by atoms with Crippen molar-refractivity contribution in [3.05, 3.63) is 35.6 Å². The Morgan fingerprint density at radius 1 is 1.26 bits per heavy atom. The predicted octanol–water partition coefficient (Wildman–Crippen LogP) is 1.46. The van der Waals surface area contributed by atoms with Crippen LogP contribution >= 0.6 is 0 Å². The number of carbonyl (C=O) groups is 1. The van der Waals surface area contributed by atoms with Crippen molar-refractivity contribution >= 4 is 5.91 Å². The first-order chi connectivity index (χ1) is 9.22. The Morgan fingerprint density at radius 2 is 2.00 bits per heavy atom. The van der Waals surface area contributed by atoms with Crippen LogP contribution in [0.3, 0.4) is 0 Å².